The van der Waals surface area contributed by atoms with E-state index in [1.54, 1.807) is 23.5 Å². The molecule has 1 aromatic carbocycles. The molecule has 1 atom stereocenters. The number of aliphatic hydroxyl groups is 1. The van der Waals surface area contributed by atoms with Gasteiger partial charge in [0, 0.05) is 32.2 Å². The highest BCUT2D eigenvalue weighted by molar-refractivity contribution is 7.07. The Bertz CT molecular complexity index is 762. The van der Waals surface area contributed by atoms with E-state index in [1.807, 2.05) is 6.92 Å². The lowest BCUT2D eigenvalue weighted by Gasteiger charge is -2.33. The minimum atomic E-state index is -0.738. The van der Waals surface area contributed by atoms with Crippen molar-refractivity contribution in [3.63, 3.8) is 0 Å². The number of hydrogen-bond donors (Lipinski definition) is 3. The van der Waals surface area contributed by atoms with E-state index in [0.29, 0.717) is 11.8 Å². The van der Waals surface area contributed by atoms with Crippen LogP contribution in [0.1, 0.15) is 25.3 Å². The molecule has 0 saturated carbocycles. The molecule has 30 heavy (non-hydrogen) atoms. The van der Waals surface area contributed by atoms with Crippen LogP contribution in [0.2, 0.25) is 0 Å². The minimum Gasteiger partial charge on any atom is -0.491 e. The second-order valence-electron chi connectivity index (χ2n) is 7.46. The van der Waals surface area contributed by atoms with E-state index in [9.17, 15) is 9.50 Å². The molecule has 1 fully saturated rings. The van der Waals surface area contributed by atoms with Crippen molar-refractivity contribution in [1.29, 1.82) is 0 Å². The van der Waals surface area contributed by atoms with Crippen LogP contribution < -0.4 is 15.4 Å². The summed E-state index contributed by atoms with van der Waals surface area (Å²) >= 11 is 1.75. The summed E-state index contributed by atoms with van der Waals surface area (Å²) in [7, 11) is 0. The van der Waals surface area contributed by atoms with Crippen molar-refractivity contribution in [3.05, 3.63) is 52.5 Å². The molecule has 0 amide bonds. The first-order valence-corrected chi connectivity index (χ1v) is 11.4. The lowest BCUT2D eigenvalue weighted by molar-refractivity contribution is 0.114. The molecule has 1 unspecified atom stereocenters. The number of aliphatic hydroxyl groups excluding tert-OH is 1. The molecule has 1 saturated heterocycles. The third-order valence-corrected chi connectivity index (χ3v) is 5.71. The Balaban J connectivity index is 1.40. The highest BCUT2D eigenvalue weighted by Crippen LogP contribution is 2.15. The van der Waals surface area contributed by atoms with E-state index in [4.69, 9.17) is 4.74 Å². The number of thiophene rings is 1. The zero-order valence-electron chi connectivity index (χ0n) is 17.4. The predicted molar refractivity (Wildman–Crippen MR) is 120 cm³/mol. The molecule has 6 nitrogen and oxygen atoms in total. The Morgan fingerprint density at radius 3 is 2.73 bits per heavy atom. The highest BCUT2D eigenvalue weighted by atomic mass is 32.1. The molecule has 0 spiro atoms. The predicted octanol–water partition coefficient (Wildman–Crippen LogP) is 2.85. The fourth-order valence-corrected chi connectivity index (χ4v) is 4.02. The molecule has 1 aliphatic rings. The SMILES string of the molecule is CCNC(=NCC(O)COc1ccc(F)cc1)NC1CCN(Cc2ccsc2)CC1. The van der Waals surface area contributed by atoms with E-state index in [0.717, 1.165) is 45.0 Å². The van der Waals surface area contributed by atoms with Crippen LogP contribution in [0.3, 0.4) is 0 Å². The van der Waals surface area contributed by atoms with Gasteiger partial charge in [-0.1, -0.05) is 0 Å². The molecule has 164 valence electrons. The number of rotatable bonds is 9. The summed E-state index contributed by atoms with van der Waals surface area (Å²) in [6.07, 6.45) is 1.38. The van der Waals surface area contributed by atoms with Crippen LogP contribution in [-0.4, -0.2) is 60.9 Å². The maximum atomic E-state index is 12.9. The van der Waals surface area contributed by atoms with Crippen LogP contribution in [0.15, 0.2) is 46.1 Å². The second-order valence-corrected chi connectivity index (χ2v) is 8.24. The van der Waals surface area contributed by atoms with Crippen molar-refractivity contribution >= 4 is 17.3 Å². The van der Waals surface area contributed by atoms with Gasteiger partial charge in [-0.15, -0.1) is 0 Å². The fourth-order valence-electron chi connectivity index (χ4n) is 3.36. The molecule has 1 aromatic heterocycles. The van der Waals surface area contributed by atoms with E-state index in [1.165, 1.54) is 17.7 Å². The first kappa shape index (κ1) is 22.5. The molecule has 0 bridgehead atoms. The minimum absolute atomic E-state index is 0.107. The summed E-state index contributed by atoms with van der Waals surface area (Å²) in [4.78, 5) is 6.99. The maximum absolute atomic E-state index is 12.9. The van der Waals surface area contributed by atoms with E-state index in [-0.39, 0.29) is 19.0 Å². The van der Waals surface area contributed by atoms with Crippen LogP contribution >= 0.6 is 11.3 Å². The third kappa shape index (κ3) is 7.59. The topological polar surface area (TPSA) is 69.1 Å². The number of halogens is 1. The van der Waals surface area contributed by atoms with Gasteiger partial charge < -0.3 is 20.5 Å². The quantitative estimate of drug-likeness (QED) is 0.418. The normalized spacial score (nSPS) is 17.0. The molecule has 0 aliphatic carbocycles. The van der Waals surface area contributed by atoms with Gasteiger partial charge in [0.2, 0.25) is 0 Å². The summed E-state index contributed by atoms with van der Waals surface area (Å²) in [5, 5.41) is 21.3. The number of ether oxygens (including phenoxy) is 1. The summed E-state index contributed by atoms with van der Waals surface area (Å²) in [5.74, 6) is 0.930. The Kier molecular flexibility index (Phi) is 8.92. The van der Waals surface area contributed by atoms with Crippen LogP contribution in [-0.2, 0) is 6.54 Å². The van der Waals surface area contributed by atoms with Gasteiger partial charge in [0.1, 0.15) is 24.3 Å². The first-order valence-electron chi connectivity index (χ1n) is 10.5. The van der Waals surface area contributed by atoms with Gasteiger partial charge in [0.05, 0.1) is 6.54 Å². The van der Waals surface area contributed by atoms with Crippen molar-refractivity contribution in [2.75, 3.05) is 32.8 Å². The number of piperidine rings is 1. The number of benzene rings is 1. The largest absolute Gasteiger partial charge is 0.491 e. The van der Waals surface area contributed by atoms with E-state index < -0.39 is 6.10 Å². The Hall–Kier alpha value is -2.16. The van der Waals surface area contributed by atoms with E-state index in [2.05, 4.69) is 37.4 Å². The van der Waals surface area contributed by atoms with Gasteiger partial charge in [0.15, 0.2) is 5.96 Å². The maximum Gasteiger partial charge on any atom is 0.191 e. The van der Waals surface area contributed by atoms with E-state index >= 15 is 0 Å². The van der Waals surface area contributed by atoms with Gasteiger partial charge in [-0.25, -0.2) is 4.39 Å². The fraction of sp³-hybridized carbons (Fsp3) is 0.500. The lowest BCUT2D eigenvalue weighted by atomic mass is 10.0. The summed E-state index contributed by atoms with van der Waals surface area (Å²) in [6.45, 7) is 6.25. The lowest BCUT2D eigenvalue weighted by Crippen LogP contribution is -2.48. The van der Waals surface area contributed by atoms with Gasteiger partial charge in [-0.2, -0.15) is 11.3 Å². The smallest absolute Gasteiger partial charge is 0.191 e. The van der Waals surface area contributed by atoms with Crippen molar-refractivity contribution < 1.29 is 14.2 Å². The molecule has 1 aliphatic heterocycles. The molecule has 3 N–H and O–H groups in total. The molecule has 8 heteroatoms. The molecular formula is C22H31FN4O2S. The molecule has 2 heterocycles. The van der Waals surface area contributed by atoms with Crippen LogP contribution in [0, 0.1) is 5.82 Å². The van der Waals surface area contributed by atoms with Crippen LogP contribution in [0.4, 0.5) is 4.39 Å². The molecule has 0 radical (unpaired) electrons. The number of likely N-dealkylation sites (tertiary alicyclic amines) is 1. The highest BCUT2D eigenvalue weighted by Gasteiger charge is 2.20. The number of hydrogen-bond acceptors (Lipinski definition) is 5. The van der Waals surface area contributed by atoms with Crippen molar-refractivity contribution in [1.82, 2.24) is 15.5 Å². The average molecular weight is 435 g/mol. The van der Waals surface area contributed by atoms with Gasteiger partial charge in [-0.05, 0) is 66.4 Å². The summed E-state index contributed by atoms with van der Waals surface area (Å²) in [5.41, 5.74) is 1.39. The first-order chi connectivity index (χ1) is 14.6. The van der Waals surface area contributed by atoms with Crippen molar-refractivity contribution in [3.8, 4) is 5.75 Å². The van der Waals surface area contributed by atoms with Crippen LogP contribution in [0.5, 0.6) is 5.75 Å². The zero-order chi connectivity index (χ0) is 21.2. The van der Waals surface area contributed by atoms with Gasteiger partial charge >= 0.3 is 0 Å². The molecule has 3 rings (SSSR count). The Morgan fingerprint density at radius 1 is 1.30 bits per heavy atom. The number of aliphatic imine (C=N–C) groups is 1. The monoisotopic (exact) mass is 434 g/mol. The Morgan fingerprint density at radius 2 is 2.07 bits per heavy atom. The Labute approximate surface area is 181 Å². The standard InChI is InChI=1S/C22H31FN4O2S/c1-2-24-22(25-13-20(28)15-29-21-5-3-18(23)4-6-21)26-19-7-10-27(11-8-19)14-17-9-12-30-16-17/h3-6,9,12,16,19-20,28H,2,7-8,10-11,13-15H2,1H3,(H2,24,25,26). The number of guanidine groups is 1. The molecule has 2 aromatic rings. The van der Waals surface area contributed by atoms with Gasteiger partial charge in [-0.3, -0.25) is 9.89 Å². The summed E-state index contributed by atoms with van der Waals surface area (Å²) < 4.78 is 18.4. The second kappa shape index (κ2) is 11.9. The van der Waals surface area contributed by atoms with Crippen LogP contribution in [0.25, 0.3) is 0 Å². The number of nitrogens with one attached hydrogen (secondary N) is 2. The third-order valence-electron chi connectivity index (χ3n) is 4.98. The van der Waals surface area contributed by atoms with Crippen molar-refractivity contribution in [2.45, 2.75) is 38.5 Å². The molecular weight excluding hydrogens is 403 g/mol. The average Bonchev–Trinajstić information content (AvgIpc) is 3.26. The zero-order valence-corrected chi connectivity index (χ0v) is 18.2. The number of nitrogens with zero attached hydrogens (tertiary/aromatic N) is 2. The van der Waals surface area contributed by atoms with Crippen molar-refractivity contribution in [2.24, 2.45) is 4.99 Å². The van der Waals surface area contributed by atoms with Gasteiger partial charge in [0.25, 0.3) is 0 Å². The summed E-state index contributed by atoms with van der Waals surface area (Å²) in [6, 6.07) is 8.31.